The molecule has 0 bridgehead atoms. The molecule has 1 fully saturated rings. The van der Waals surface area contributed by atoms with Crippen LogP contribution >= 0.6 is 0 Å². The SMILES string of the molecule is Cc1ccccc1C(=O)NCc1ccc(-c2nn(C3CCCCN3)c(N)c2C(N)=O)cc1. The van der Waals surface area contributed by atoms with Crippen LogP contribution < -0.4 is 22.1 Å². The van der Waals surface area contributed by atoms with Crippen molar-refractivity contribution in [3.05, 3.63) is 70.8 Å². The molecule has 3 aromatic rings. The number of primary amides is 1. The van der Waals surface area contributed by atoms with Crippen molar-refractivity contribution < 1.29 is 9.59 Å². The highest BCUT2D eigenvalue weighted by Gasteiger charge is 2.26. The number of aryl methyl sites for hydroxylation is 1. The topological polar surface area (TPSA) is 128 Å². The van der Waals surface area contributed by atoms with Gasteiger partial charge in [0.1, 0.15) is 23.2 Å². The zero-order valence-electron chi connectivity index (χ0n) is 18.1. The number of hydrogen-bond donors (Lipinski definition) is 4. The van der Waals surface area contributed by atoms with Crippen LogP contribution in [0.4, 0.5) is 5.82 Å². The molecule has 1 aromatic heterocycles. The van der Waals surface area contributed by atoms with Crippen molar-refractivity contribution in [3.63, 3.8) is 0 Å². The van der Waals surface area contributed by atoms with E-state index in [-0.39, 0.29) is 23.5 Å². The maximum Gasteiger partial charge on any atom is 0.254 e. The molecule has 0 saturated carbocycles. The third kappa shape index (κ3) is 4.36. The quantitative estimate of drug-likeness (QED) is 0.476. The molecule has 0 spiro atoms. The molecule has 1 aliphatic heterocycles. The maximum absolute atomic E-state index is 12.4. The number of nitrogens with one attached hydrogen (secondary N) is 2. The van der Waals surface area contributed by atoms with Crippen molar-refractivity contribution in [2.75, 3.05) is 12.3 Å². The van der Waals surface area contributed by atoms with Crippen LogP contribution in [-0.2, 0) is 6.54 Å². The van der Waals surface area contributed by atoms with Crippen molar-refractivity contribution in [2.45, 2.75) is 38.9 Å². The van der Waals surface area contributed by atoms with Crippen molar-refractivity contribution >= 4 is 17.6 Å². The highest BCUT2D eigenvalue weighted by molar-refractivity contribution is 6.03. The largest absolute Gasteiger partial charge is 0.383 e. The second-order valence-corrected chi connectivity index (χ2v) is 8.08. The van der Waals surface area contributed by atoms with E-state index in [1.54, 1.807) is 10.7 Å². The van der Waals surface area contributed by atoms with E-state index in [0.717, 1.165) is 42.5 Å². The summed E-state index contributed by atoms with van der Waals surface area (Å²) in [5.74, 6) is -0.440. The minimum atomic E-state index is -0.603. The molecule has 8 nitrogen and oxygen atoms in total. The molecule has 1 aliphatic rings. The van der Waals surface area contributed by atoms with E-state index in [4.69, 9.17) is 11.5 Å². The van der Waals surface area contributed by atoms with Gasteiger partial charge in [-0.1, -0.05) is 42.5 Å². The Morgan fingerprint density at radius 2 is 1.91 bits per heavy atom. The molecule has 2 amide bonds. The Morgan fingerprint density at radius 1 is 1.16 bits per heavy atom. The summed E-state index contributed by atoms with van der Waals surface area (Å²) in [6.45, 7) is 3.18. The molecule has 0 aliphatic carbocycles. The molecule has 2 heterocycles. The van der Waals surface area contributed by atoms with Crippen LogP contribution in [0, 0.1) is 6.92 Å². The van der Waals surface area contributed by atoms with Gasteiger partial charge in [-0.05, 0) is 49.9 Å². The highest BCUT2D eigenvalue weighted by Crippen LogP contribution is 2.30. The molecular formula is C24H28N6O2. The number of piperidine rings is 1. The van der Waals surface area contributed by atoms with E-state index in [1.807, 2.05) is 49.4 Å². The number of nitrogens with zero attached hydrogens (tertiary/aromatic N) is 2. The van der Waals surface area contributed by atoms with Gasteiger partial charge in [0.15, 0.2) is 0 Å². The molecular weight excluding hydrogens is 404 g/mol. The maximum atomic E-state index is 12.4. The van der Waals surface area contributed by atoms with E-state index in [1.165, 1.54) is 0 Å². The second kappa shape index (κ2) is 9.23. The number of carbonyl (C=O) groups excluding carboxylic acids is 2. The van der Waals surface area contributed by atoms with Gasteiger partial charge in [-0.15, -0.1) is 0 Å². The summed E-state index contributed by atoms with van der Waals surface area (Å²) in [6, 6.07) is 15.0. The van der Waals surface area contributed by atoms with Crippen LogP contribution in [0.2, 0.25) is 0 Å². The fourth-order valence-electron chi connectivity index (χ4n) is 4.06. The number of amides is 2. The Labute approximate surface area is 187 Å². The van der Waals surface area contributed by atoms with E-state index in [0.29, 0.717) is 17.8 Å². The first-order chi connectivity index (χ1) is 15.5. The summed E-state index contributed by atoms with van der Waals surface area (Å²) in [6.07, 6.45) is 3.02. The number of hydrogen-bond acceptors (Lipinski definition) is 5. The van der Waals surface area contributed by atoms with Gasteiger partial charge in [-0.25, -0.2) is 4.68 Å². The lowest BCUT2D eigenvalue weighted by Crippen LogP contribution is -2.32. The molecule has 2 aromatic carbocycles. The number of carbonyl (C=O) groups is 2. The van der Waals surface area contributed by atoms with Crippen molar-refractivity contribution in [1.82, 2.24) is 20.4 Å². The normalized spacial score (nSPS) is 16.0. The van der Waals surface area contributed by atoms with E-state index < -0.39 is 5.91 Å². The van der Waals surface area contributed by atoms with Crippen LogP contribution in [0.3, 0.4) is 0 Å². The van der Waals surface area contributed by atoms with Gasteiger partial charge < -0.3 is 16.8 Å². The first-order valence-corrected chi connectivity index (χ1v) is 10.8. The van der Waals surface area contributed by atoms with Crippen molar-refractivity contribution in [3.8, 4) is 11.3 Å². The average Bonchev–Trinajstić information content (AvgIpc) is 3.16. The minimum absolute atomic E-state index is 0.0495. The minimum Gasteiger partial charge on any atom is -0.383 e. The number of aromatic nitrogens is 2. The fraction of sp³-hybridized carbons (Fsp3) is 0.292. The molecule has 32 heavy (non-hydrogen) atoms. The lowest BCUT2D eigenvalue weighted by molar-refractivity contribution is 0.0949. The zero-order valence-corrected chi connectivity index (χ0v) is 18.1. The molecule has 4 rings (SSSR count). The van der Waals surface area contributed by atoms with Crippen molar-refractivity contribution in [1.29, 1.82) is 0 Å². The molecule has 1 unspecified atom stereocenters. The van der Waals surface area contributed by atoms with Crippen LogP contribution in [0.1, 0.15) is 57.3 Å². The van der Waals surface area contributed by atoms with Gasteiger partial charge in [0, 0.05) is 17.7 Å². The monoisotopic (exact) mass is 432 g/mol. The van der Waals surface area contributed by atoms with Crippen LogP contribution in [-0.4, -0.2) is 28.1 Å². The third-order valence-corrected chi connectivity index (χ3v) is 5.84. The smallest absolute Gasteiger partial charge is 0.254 e. The lowest BCUT2D eigenvalue weighted by Gasteiger charge is -2.24. The Bertz CT molecular complexity index is 1130. The summed E-state index contributed by atoms with van der Waals surface area (Å²) in [4.78, 5) is 24.6. The third-order valence-electron chi connectivity index (χ3n) is 5.84. The lowest BCUT2D eigenvalue weighted by atomic mass is 10.0. The van der Waals surface area contributed by atoms with Gasteiger partial charge >= 0.3 is 0 Å². The Kier molecular flexibility index (Phi) is 6.23. The predicted molar refractivity (Wildman–Crippen MR) is 124 cm³/mol. The predicted octanol–water partition coefficient (Wildman–Crippen LogP) is 2.74. The summed E-state index contributed by atoms with van der Waals surface area (Å²) in [7, 11) is 0. The number of rotatable bonds is 6. The summed E-state index contributed by atoms with van der Waals surface area (Å²) < 4.78 is 1.67. The molecule has 6 N–H and O–H groups in total. The van der Waals surface area contributed by atoms with Gasteiger partial charge in [-0.3, -0.25) is 14.9 Å². The number of nitrogens with two attached hydrogens (primary N) is 2. The number of nitrogen functional groups attached to an aromatic ring is 1. The van der Waals surface area contributed by atoms with Gasteiger partial charge in [0.05, 0.1) is 0 Å². The average molecular weight is 433 g/mol. The zero-order chi connectivity index (χ0) is 22.7. The van der Waals surface area contributed by atoms with Gasteiger partial charge in [0.25, 0.3) is 11.8 Å². The fourth-order valence-corrected chi connectivity index (χ4v) is 4.06. The van der Waals surface area contributed by atoms with Crippen LogP contribution in [0.25, 0.3) is 11.3 Å². The molecule has 1 saturated heterocycles. The standard InChI is InChI=1S/C24H28N6O2/c1-15-6-2-3-7-18(15)24(32)28-14-16-9-11-17(12-10-16)21-20(23(26)31)22(25)30(29-21)19-8-4-5-13-27-19/h2-3,6-7,9-12,19,27H,4-5,8,13-14,25H2,1H3,(H2,26,31)(H,28,32). The van der Waals surface area contributed by atoms with Gasteiger partial charge in [0.2, 0.25) is 0 Å². The first-order valence-electron chi connectivity index (χ1n) is 10.8. The molecule has 166 valence electrons. The van der Waals surface area contributed by atoms with Crippen molar-refractivity contribution in [2.24, 2.45) is 5.73 Å². The van der Waals surface area contributed by atoms with E-state index in [9.17, 15) is 9.59 Å². The molecule has 0 radical (unpaired) electrons. The van der Waals surface area contributed by atoms with Crippen LogP contribution in [0.15, 0.2) is 48.5 Å². The highest BCUT2D eigenvalue weighted by atomic mass is 16.2. The summed E-state index contributed by atoms with van der Waals surface area (Å²) in [5.41, 5.74) is 15.9. The number of anilines is 1. The molecule has 8 heteroatoms. The van der Waals surface area contributed by atoms with Crippen LogP contribution in [0.5, 0.6) is 0 Å². The number of benzene rings is 2. The second-order valence-electron chi connectivity index (χ2n) is 8.08. The van der Waals surface area contributed by atoms with E-state index >= 15 is 0 Å². The summed E-state index contributed by atoms with van der Waals surface area (Å²) in [5, 5.41) is 11.0. The van der Waals surface area contributed by atoms with E-state index in [2.05, 4.69) is 15.7 Å². The Hall–Kier alpha value is -3.65. The Balaban J connectivity index is 1.53. The summed E-state index contributed by atoms with van der Waals surface area (Å²) >= 11 is 0. The van der Waals surface area contributed by atoms with Gasteiger partial charge in [-0.2, -0.15) is 5.10 Å². The molecule has 1 atom stereocenters. The Morgan fingerprint density at radius 3 is 2.56 bits per heavy atom. The first kappa shape index (κ1) is 21.6.